The molecule has 4 aromatic rings. The first kappa shape index (κ1) is 39.3. The zero-order chi connectivity index (χ0) is 37.8. The van der Waals surface area contributed by atoms with Crippen molar-refractivity contribution in [2.75, 3.05) is 6.54 Å². The lowest BCUT2D eigenvalue weighted by Crippen LogP contribution is -2.47. The molecule has 0 radical (unpaired) electrons. The highest BCUT2D eigenvalue weighted by molar-refractivity contribution is 5.95. The van der Waals surface area contributed by atoms with Crippen LogP contribution in [0, 0.1) is 25.7 Å². The van der Waals surface area contributed by atoms with E-state index in [4.69, 9.17) is 22.9 Å². The molecule has 0 aliphatic rings. The van der Waals surface area contributed by atoms with Gasteiger partial charge in [0.1, 0.15) is 11.5 Å². The number of hydrogen-bond donors (Lipinski definition) is 7. The molecular formula is C40H51N7O5. The van der Waals surface area contributed by atoms with E-state index in [2.05, 4.69) is 15.3 Å². The highest BCUT2D eigenvalue weighted by Crippen LogP contribution is 2.26. The third-order valence-corrected chi connectivity index (χ3v) is 9.61. The first-order valence-corrected chi connectivity index (χ1v) is 17.7. The monoisotopic (exact) mass is 709 g/mol. The SMILES string of the molecule is Cc1cc(O)cc(C)c1C[C@H](CC(=O)[C@H](N)CCCN=C(N)N)C(=O)N[C@@H](Cc1c[nH]c2ccccc12)C(=O)C[C@@H](CCc1ccccc1)C(N)=O. The Morgan fingerprint density at radius 3 is 2.17 bits per heavy atom. The summed E-state index contributed by atoms with van der Waals surface area (Å²) in [5.74, 6) is -3.32. The van der Waals surface area contributed by atoms with Gasteiger partial charge in [0.15, 0.2) is 11.7 Å². The molecule has 1 aromatic heterocycles. The lowest BCUT2D eigenvalue weighted by molar-refractivity contribution is -0.133. The van der Waals surface area contributed by atoms with E-state index in [1.807, 2.05) is 74.6 Å². The average Bonchev–Trinajstić information content (AvgIpc) is 3.51. The molecule has 0 saturated carbocycles. The molecule has 11 N–H and O–H groups in total. The number of benzene rings is 3. The number of para-hydroxylation sites is 1. The van der Waals surface area contributed by atoms with E-state index in [0.717, 1.165) is 38.7 Å². The van der Waals surface area contributed by atoms with E-state index in [1.54, 1.807) is 12.1 Å². The van der Waals surface area contributed by atoms with Crippen LogP contribution in [0.25, 0.3) is 10.9 Å². The van der Waals surface area contributed by atoms with Gasteiger partial charge in [0.05, 0.1) is 12.1 Å². The molecule has 0 fully saturated rings. The van der Waals surface area contributed by atoms with Crippen LogP contribution < -0.4 is 28.3 Å². The normalized spacial score (nSPS) is 13.5. The number of nitrogens with zero attached hydrogens (tertiary/aromatic N) is 1. The molecule has 0 spiro atoms. The van der Waals surface area contributed by atoms with Crippen LogP contribution >= 0.6 is 0 Å². The van der Waals surface area contributed by atoms with E-state index in [0.29, 0.717) is 32.2 Å². The second-order valence-electron chi connectivity index (χ2n) is 13.6. The van der Waals surface area contributed by atoms with Crippen molar-refractivity contribution in [3.8, 4) is 5.75 Å². The minimum absolute atomic E-state index is 0.0497. The lowest BCUT2D eigenvalue weighted by Gasteiger charge is -2.25. The van der Waals surface area contributed by atoms with Crippen molar-refractivity contribution in [1.82, 2.24) is 10.3 Å². The Morgan fingerprint density at radius 2 is 1.50 bits per heavy atom. The quantitative estimate of drug-likeness (QED) is 0.0407. The zero-order valence-electron chi connectivity index (χ0n) is 29.9. The van der Waals surface area contributed by atoms with Gasteiger partial charge < -0.3 is 38.3 Å². The summed E-state index contributed by atoms with van der Waals surface area (Å²) in [6, 6.07) is 18.6. The number of phenolic OH excluding ortho intramolecular Hbond substituents is 1. The van der Waals surface area contributed by atoms with Crippen molar-refractivity contribution in [2.24, 2.45) is 39.8 Å². The number of nitrogens with one attached hydrogen (secondary N) is 2. The topological polar surface area (TPSA) is 233 Å². The first-order valence-electron chi connectivity index (χ1n) is 17.7. The number of hydrogen-bond acceptors (Lipinski definition) is 7. The predicted octanol–water partition coefficient (Wildman–Crippen LogP) is 3.41. The number of aliphatic imine (C=N–C) groups is 1. The molecule has 0 bridgehead atoms. The number of guanidine groups is 1. The van der Waals surface area contributed by atoms with Gasteiger partial charge in [0.2, 0.25) is 11.8 Å². The third kappa shape index (κ3) is 11.3. The molecule has 0 aliphatic heterocycles. The van der Waals surface area contributed by atoms with Crippen LogP contribution in [0.5, 0.6) is 5.75 Å². The predicted molar refractivity (Wildman–Crippen MR) is 203 cm³/mol. The molecule has 2 amide bonds. The molecule has 4 rings (SSSR count). The van der Waals surface area contributed by atoms with Crippen LogP contribution in [0.15, 0.2) is 77.9 Å². The summed E-state index contributed by atoms with van der Waals surface area (Å²) in [6.45, 7) is 3.97. The Balaban J connectivity index is 1.61. The van der Waals surface area contributed by atoms with E-state index in [9.17, 15) is 24.3 Å². The molecular weight excluding hydrogens is 658 g/mol. The van der Waals surface area contributed by atoms with Crippen LogP contribution in [-0.2, 0) is 38.4 Å². The number of carbonyl (C=O) groups excluding carboxylic acids is 4. The van der Waals surface area contributed by atoms with E-state index >= 15 is 0 Å². The van der Waals surface area contributed by atoms with Crippen molar-refractivity contribution in [3.63, 3.8) is 0 Å². The smallest absolute Gasteiger partial charge is 0.224 e. The Bertz CT molecular complexity index is 1860. The van der Waals surface area contributed by atoms with Gasteiger partial charge in [-0.25, -0.2) is 0 Å². The number of primary amides is 1. The van der Waals surface area contributed by atoms with Crippen LogP contribution in [0.3, 0.4) is 0 Å². The molecule has 0 unspecified atom stereocenters. The van der Waals surface area contributed by atoms with Gasteiger partial charge in [-0.3, -0.25) is 24.2 Å². The van der Waals surface area contributed by atoms with Gasteiger partial charge >= 0.3 is 0 Å². The summed E-state index contributed by atoms with van der Waals surface area (Å²) in [4.78, 5) is 61.7. The van der Waals surface area contributed by atoms with Gasteiger partial charge in [-0.05, 0) is 92.0 Å². The van der Waals surface area contributed by atoms with Gasteiger partial charge in [0.25, 0.3) is 0 Å². The molecule has 1 heterocycles. The number of carbonyl (C=O) groups is 4. The molecule has 52 heavy (non-hydrogen) atoms. The molecule has 3 aromatic carbocycles. The number of amides is 2. The van der Waals surface area contributed by atoms with Crippen molar-refractivity contribution >= 4 is 40.2 Å². The van der Waals surface area contributed by atoms with Gasteiger partial charge in [-0.2, -0.15) is 0 Å². The number of H-pyrrole nitrogens is 1. The average molecular weight is 710 g/mol. The minimum Gasteiger partial charge on any atom is -0.508 e. The number of phenols is 1. The number of aromatic amines is 1. The maximum Gasteiger partial charge on any atom is 0.224 e. The largest absolute Gasteiger partial charge is 0.508 e. The summed E-state index contributed by atoms with van der Waals surface area (Å²) < 4.78 is 0. The number of fused-ring (bicyclic) bond motifs is 1. The van der Waals surface area contributed by atoms with Gasteiger partial charge in [-0.1, -0.05) is 48.5 Å². The number of aryl methyl sites for hydroxylation is 3. The summed E-state index contributed by atoms with van der Waals surface area (Å²) in [5.41, 5.74) is 27.9. The van der Waals surface area contributed by atoms with Crippen molar-refractivity contribution in [2.45, 2.75) is 77.3 Å². The summed E-state index contributed by atoms with van der Waals surface area (Å²) in [7, 11) is 0. The molecule has 4 atom stereocenters. The number of nitrogens with two attached hydrogens (primary N) is 4. The van der Waals surface area contributed by atoms with E-state index < -0.39 is 35.7 Å². The van der Waals surface area contributed by atoms with Crippen LogP contribution in [-0.4, -0.2) is 58.1 Å². The number of rotatable bonds is 20. The van der Waals surface area contributed by atoms with E-state index in [-0.39, 0.29) is 49.0 Å². The Hall–Kier alpha value is -5.49. The number of aromatic nitrogens is 1. The van der Waals surface area contributed by atoms with Gasteiger partial charge in [-0.15, -0.1) is 0 Å². The molecule has 0 aliphatic carbocycles. The summed E-state index contributed by atoms with van der Waals surface area (Å²) in [6.07, 6.45) is 3.53. The van der Waals surface area contributed by atoms with Gasteiger partial charge in [0, 0.05) is 54.7 Å². The van der Waals surface area contributed by atoms with Crippen molar-refractivity contribution < 1.29 is 24.3 Å². The Morgan fingerprint density at radius 1 is 0.846 bits per heavy atom. The fraction of sp³-hybridized carbons (Fsp3) is 0.375. The summed E-state index contributed by atoms with van der Waals surface area (Å²) >= 11 is 0. The first-order chi connectivity index (χ1) is 24.8. The second-order valence-corrected chi connectivity index (χ2v) is 13.6. The Kier molecular flexibility index (Phi) is 14.1. The standard InChI is InChI=1S/C40H51N7O5/c1-24-17-30(48)18-25(2)32(24)19-28(22-36(49)33(41)12-8-16-45-40(43)44)39(52)47-35(20-29-23-46-34-13-7-6-11-31(29)34)37(50)21-27(38(42)51)15-14-26-9-4-3-5-10-26/h3-7,9-11,13,17-18,23,27-28,33,35,46,48H,8,12,14-16,19-22,41H2,1-2H3,(H2,42,51)(H,47,52)(H4,43,44,45)/t27-,28-,33-,35+/m1/s1. The maximum absolute atomic E-state index is 14.3. The highest BCUT2D eigenvalue weighted by Gasteiger charge is 2.32. The third-order valence-electron chi connectivity index (χ3n) is 9.61. The Labute approximate surface area is 304 Å². The number of aromatic hydroxyl groups is 1. The molecule has 12 heteroatoms. The van der Waals surface area contributed by atoms with Crippen molar-refractivity contribution in [3.05, 3.63) is 101 Å². The summed E-state index contributed by atoms with van der Waals surface area (Å²) in [5, 5.41) is 14.0. The van der Waals surface area contributed by atoms with Crippen LogP contribution in [0.2, 0.25) is 0 Å². The highest BCUT2D eigenvalue weighted by atomic mass is 16.3. The fourth-order valence-electron chi connectivity index (χ4n) is 6.64. The minimum atomic E-state index is -1.02. The second kappa shape index (κ2) is 18.7. The van der Waals surface area contributed by atoms with Crippen LogP contribution in [0.1, 0.15) is 59.9 Å². The molecule has 0 saturated heterocycles. The maximum atomic E-state index is 14.3. The molecule has 276 valence electrons. The lowest BCUT2D eigenvalue weighted by atomic mass is 9.86. The van der Waals surface area contributed by atoms with Crippen LogP contribution in [0.4, 0.5) is 0 Å². The number of Topliss-reactive ketones (excluding diaryl/α,β-unsaturated/α-hetero) is 2. The molecule has 12 nitrogen and oxygen atoms in total. The number of ketones is 2. The van der Waals surface area contributed by atoms with E-state index in [1.165, 1.54) is 0 Å². The fourth-order valence-corrected chi connectivity index (χ4v) is 6.64. The zero-order valence-corrected chi connectivity index (χ0v) is 29.9. The van der Waals surface area contributed by atoms with Crippen molar-refractivity contribution in [1.29, 1.82) is 0 Å².